The van der Waals surface area contributed by atoms with Crippen molar-refractivity contribution in [2.24, 2.45) is 13.0 Å². The summed E-state index contributed by atoms with van der Waals surface area (Å²) in [4.78, 5) is 6.66. The van der Waals surface area contributed by atoms with Gasteiger partial charge in [0.1, 0.15) is 11.9 Å². The normalized spacial score (nSPS) is 18.2. The van der Waals surface area contributed by atoms with Crippen LogP contribution in [0.4, 0.5) is 5.82 Å². The molecule has 0 bridgehead atoms. The summed E-state index contributed by atoms with van der Waals surface area (Å²) in [7, 11) is 1.95. The topological polar surface area (TPSA) is 57.7 Å². The Balaban J connectivity index is 1.62. The van der Waals surface area contributed by atoms with Crippen molar-refractivity contribution < 1.29 is 0 Å². The third-order valence-electron chi connectivity index (χ3n) is 3.77. The van der Waals surface area contributed by atoms with E-state index in [1.165, 1.54) is 12.0 Å². The van der Waals surface area contributed by atoms with Gasteiger partial charge < -0.3 is 4.90 Å². The Morgan fingerprint density at radius 2 is 2.30 bits per heavy atom. The van der Waals surface area contributed by atoms with Crippen LogP contribution in [0.2, 0.25) is 0 Å². The van der Waals surface area contributed by atoms with Crippen molar-refractivity contribution in [1.82, 2.24) is 14.8 Å². The Morgan fingerprint density at radius 3 is 2.95 bits per heavy atom. The van der Waals surface area contributed by atoms with Crippen molar-refractivity contribution in [1.29, 1.82) is 5.26 Å². The predicted molar refractivity (Wildman–Crippen MR) is 76.2 cm³/mol. The highest BCUT2D eigenvalue weighted by Crippen LogP contribution is 2.24. The third-order valence-corrected chi connectivity index (χ3v) is 3.77. The van der Waals surface area contributed by atoms with Crippen LogP contribution in [0.15, 0.2) is 30.7 Å². The summed E-state index contributed by atoms with van der Waals surface area (Å²) in [6, 6.07) is 5.86. The molecule has 5 nitrogen and oxygen atoms in total. The zero-order valence-electron chi connectivity index (χ0n) is 11.5. The van der Waals surface area contributed by atoms with E-state index in [2.05, 4.69) is 27.2 Å². The van der Waals surface area contributed by atoms with Crippen LogP contribution in [0, 0.1) is 17.2 Å². The minimum atomic E-state index is 0.611. The van der Waals surface area contributed by atoms with Gasteiger partial charge in [-0.25, -0.2) is 4.98 Å². The van der Waals surface area contributed by atoms with Crippen molar-refractivity contribution in [3.05, 3.63) is 41.9 Å². The standard InChI is InChI=1S/C15H17N5/c1-19-10-14(9-18-19)6-12-4-5-20(11-12)15-3-2-13(7-16)8-17-15/h2-3,8-10,12H,4-6,11H2,1H3. The number of nitriles is 1. The minimum absolute atomic E-state index is 0.611. The Bertz CT molecular complexity index is 622. The van der Waals surface area contributed by atoms with Gasteiger partial charge in [0.05, 0.1) is 11.8 Å². The van der Waals surface area contributed by atoms with Crippen LogP contribution in [-0.2, 0) is 13.5 Å². The quantitative estimate of drug-likeness (QED) is 0.850. The first kappa shape index (κ1) is 12.7. The van der Waals surface area contributed by atoms with E-state index in [0.29, 0.717) is 11.5 Å². The highest BCUT2D eigenvalue weighted by atomic mass is 15.2. The molecule has 0 radical (unpaired) electrons. The van der Waals surface area contributed by atoms with E-state index < -0.39 is 0 Å². The molecule has 1 aliphatic rings. The summed E-state index contributed by atoms with van der Waals surface area (Å²) in [5, 5.41) is 13.0. The van der Waals surface area contributed by atoms with E-state index in [4.69, 9.17) is 5.26 Å². The average Bonchev–Trinajstić information content (AvgIpc) is 3.09. The summed E-state index contributed by atoms with van der Waals surface area (Å²) in [6.45, 7) is 2.05. The van der Waals surface area contributed by atoms with Crippen molar-refractivity contribution >= 4 is 5.82 Å². The van der Waals surface area contributed by atoms with Crippen LogP contribution >= 0.6 is 0 Å². The van der Waals surface area contributed by atoms with Crippen molar-refractivity contribution in [3.63, 3.8) is 0 Å². The van der Waals surface area contributed by atoms with Gasteiger partial charge in [0.25, 0.3) is 0 Å². The molecule has 1 aliphatic heterocycles. The second-order valence-corrected chi connectivity index (χ2v) is 5.34. The van der Waals surface area contributed by atoms with Crippen molar-refractivity contribution in [2.45, 2.75) is 12.8 Å². The SMILES string of the molecule is Cn1cc(CC2CCN(c3ccc(C#N)cn3)C2)cn1. The van der Waals surface area contributed by atoms with Gasteiger partial charge in [0.2, 0.25) is 0 Å². The lowest BCUT2D eigenvalue weighted by Gasteiger charge is -2.17. The van der Waals surface area contributed by atoms with Crippen LogP contribution in [0.5, 0.6) is 0 Å². The lowest BCUT2D eigenvalue weighted by atomic mass is 10.0. The summed E-state index contributed by atoms with van der Waals surface area (Å²) >= 11 is 0. The van der Waals surface area contributed by atoms with E-state index in [0.717, 1.165) is 25.3 Å². The molecule has 0 amide bonds. The molecule has 0 saturated carbocycles. The van der Waals surface area contributed by atoms with E-state index in [9.17, 15) is 0 Å². The number of nitrogens with zero attached hydrogens (tertiary/aromatic N) is 5. The average molecular weight is 267 g/mol. The van der Waals surface area contributed by atoms with Gasteiger partial charge in [0, 0.05) is 32.5 Å². The maximum absolute atomic E-state index is 8.79. The molecule has 5 heteroatoms. The van der Waals surface area contributed by atoms with E-state index in [1.54, 1.807) is 6.20 Å². The molecule has 0 spiro atoms. The molecule has 1 saturated heterocycles. The number of hydrogen-bond acceptors (Lipinski definition) is 4. The molecule has 0 aliphatic carbocycles. The Morgan fingerprint density at radius 1 is 1.40 bits per heavy atom. The highest BCUT2D eigenvalue weighted by molar-refractivity contribution is 5.42. The van der Waals surface area contributed by atoms with Crippen LogP contribution < -0.4 is 4.90 Å². The summed E-state index contributed by atoms with van der Waals surface area (Å²) in [5.74, 6) is 1.62. The fourth-order valence-corrected chi connectivity index (χ4v) is 2.76. The smallest absolute Gasteiger partial charge is 0.128 e. The Hall–Kier alpha value is -2.35. The number of aromatic nitrogens is 3. The fourth-order valence-electron chi connectivity index (χ4n) is 2.76. The second-order valence-electron chi connectivity index (χ2n) is 5.34. The van der Waals surface area contributed by atoms with Crippen LogP contribution in [0.3, 0.4) is 0 Å². The molecule has 1 unspecified atom stereocenters. The fraction of sp³-hybridized carbons (Fsp3) is 0.400. The molecule has 1 fully saturated rings. The zero-order chi connectivity index (χ0) is 13.9. The molecule has 3 rings (SSSR count). The van der Waals surface area contributed by atoms with Gasteiger partial charge in [-0.3, -0.25) is 4.68 Å². The number of aryl methyl sites for hydroxylation is 1. The molecule has 0 aromatic carbocycles. The van der Waals surface area contributed by atoms with Gasteiger partial charge in [-0.05, 0) is 36.5 Å². The molecule has 2 aromatic rings. The van der Waals surface area contributed by atoms with Gasteiger partial charge in [-0.15, -0.1) is 0 Å². The first-order valence-corrected chi connectivity index (χ1v) is 6.83. The lowest BCUT2D eigenvalue weighted by molar-refractivity contribution is 0.586. The maximum atomic E-state index is 8.79. The minimum Gasteiger partial charge on any atom is -0.356 e. The third kappa shape index (κ3) is 2.64. The molecule has 0 N–H and O–H groups in total. The first-order valence-electron chi connectivity index (χ1n) is 6.83. The first-order chi connectivity index (χ1) is 9.74. The lowest BCUT2D eigenvalue weighted by Crippen LogP contribution is -2.21. The number of hydrogen-bond donors (Lipinski definition) is 0. The predicted octanol–water partition coefficient (Wildman–Crippen LogP) is 1.76. The summed E-state index contributed by atoms with van der Waals surface area (Å²) < 4.78 is 1.85. The summed E-state index contributed by atoms with van der Waals surface area (Å²) in [5.41, 5.74) is 1.91. The number of rotatable bonds is 3. The van der Waals surface area contributed by atoms with Crippen LogP contribution in [0.1, 0.15) is 17.5 Å². The van der Waals surface area contributed by atoms with Crippen molar-refractivity contribution in [2.75, 3.05) is 18.0 Å². The largest absolute Gasteiger partial charge is 0.356 e. The Labute approximate surface area is 118 Å². The second kappa shape index (κ2) is 5.33. The van der Waals surface area contributed by atoms with Crippen LogP contribution in [-0.4, -0.2) is 27.9 Å². The zero-order valence-corrected chi connectivity index (χ0v) is 11.5. The molecular weight excluding hydrogens is 250 g/mol. The van der Waals surface area contributed by atoms with Gasteiger partial charge in [-0.1, -0.05) is 0 Å². The highest BCUT2D eigenvalue weighted by Gasteiger charge is 2.23. The van der Waals surface area contributed by atoms with Gasteiger partial charge >= 0.3 is 0 Å². The Kier molecular flexibility index (Phi) is 3.38. The molecule has 102 valence electrons. The van der Waals surface area contributed by atoms with Gasteiger partial charge in [0.15, 0.2) is 0 Å². The monoisotopic (exact) mass is 267 g/mol. The number of anilines is 1. The molecule has 20 heavy (non-hydrogen) atoms. The van der Waals surface area contributed by atoms with Crippen LogP contribution in [0.25, 0.3) is 0 Å². The molecule has 2 aromatic heterocycles. The molecule has 3 heterocycles. The van der Waals surface area contributed by atoms with Gasteiger partial charge in [-0.2, -0.15) is 10.4 Å². The maximum Gasteiger partial charge on any atom is 0.128 e. The van der Waals surface area contributed by atoms with E-state index in [1.807, 2.05) is 30.1 Å². The molecule has 1 atom stereocenters. The number of pyridine rings is 1. The van der Waals surface area contributed by atoms with E-state index >= 15 is 0 Å². The van der Waals surface area contributed by atoms with E-state index in [-0.39, 0.29) is 0 Å². The molecular formula is C15H17N5. The van der Waals surface area contributed by atoms with Crippen molar-refractivity contribution in [3.8, 4) is 6.07 Å². The summed E-state index contributed by atoms with van der Waals surface area (Å²) in [6.07, 6.45) is 7.92.